The summed E-state index contributed by atoms with van der Waals surface area (Å²) in [7, 11) is 0. The molecule has 0 fully saturated rings. The molecule has 0 bridgehead atoms. The normalized spacial score (nSPS) is 15.8. The third kappa shape index (κ3) is 5.10. The van der Waals surface area contributed by atoms with Crippen molar-refractivity contribution in [2.24, 2.45) is 0 Å². The largest absolute Gasteiger partial charge is 0.455 e. The van der Waals surface area contributed by atoms with E-state index in [1.54, 1.807) is 0 Å². The summed E-state index contributed by atoms with van der Waals surface area (Å²) in [5, 5.41) is 4.85. The Hall–Kier alpha value is -6.38. The number of furan rings is 1. The molecular weight excluding hydrogens is 703 g/mol. The van der Waals surface area contributed by atoms with Gasteiger partial charge in [-0.05, 0) is 109 Å². The highest BCUT2D eigenvalue weighted by Crippen LogP contribution is 2.55. The molecule has 0 atom stereocenters. The van der Waals surface area contributed by atoms with Gasteiger partial charge in [-0.15, -0.1) is 0 Å². The first kappa shape index (κ1) is 34.8. The number of nitrogens with zero attached hydrogens (tertiary/aromatic N) is 1. The van der Waals surface area contributed by atoms with Gasteiger partial charge in [0.1, 0.15) is 11.2 Å². The molecule has 58 heavy (non-hydrogen) atoms. The molecule has 0 radical (unpaired) electrons. The fourth-order valence-corrected chi connectivity index (χ4v) is 10.9. The minimum absolute atomic E-state index is 0.127. The number of hydrogen-bond donors (Lipinski definition) is 0. The highest BCUT2D eigenvalue weighted by Gasteiger charge is 2.42. The molecule has 11 rings (SSSR count). The van der Waals surface area contributed by atoms with E-state index in [-0.39, 0.29) is 16.2 Å². The van der Waals surface area contributed by atoms with Gasteiger partial charge in [-0.1, -0.05) is 169 Å². The molecule has 2 aliphatic rings. The molecule has 1 heterocycles. The lowest BCUT2D eigenvalue weighted by Crippen LogP contribution is -2.20. The quantitative estimate of drug-likeness (QED) is 0.174. The summed E-state index contributed by atoms with van der Waals surface area (Å²) in [6.45, 7) is 14.2. The third-order valence-corrected chi connectivity index (χ3v) is 13.4. The highest BCUT2D eigenvalue weighted by atomic mass is 16.3. The van der Waals surface area contributed by atoms with Gasteiger partial charge in [0.15, 0.2) is 0 Å². The van der Waals surface area contributed by atoms with E-state index < -0.39 is 0 Å². The average Bonchev–Trinajstić information content (AvgIpc) is 3.79. The molecule has 0 amide bonds. The zero-order valence-corrected chi connectivity index (χ0v) is 34.2. The van der Waals surface area contributed by atoms with Crippen molar-refractivity contribution in [3.05, 3.63) is 186 Å². The van der Waals surface area contributed by atoms with Crippen molar-refractivity contribution < 1.29 is 4.42 Å². The Labute approximate surface area is 341 Å². The number of fused-ring (bicyclic) bond motifs is 8. The monoisotopic (exact) mass is 749 g/mol. The third-order valence-electron chi connectivity index (χ3n) is 13.4. The first-order chi connectivity index (χ1) is 28.0. The summed E-state index contributed by atoms with van der Waals surface area (Å²) in [5.74, 6) is 0. The zero-order chi connectivity index (χ0) is 39.6. The first-order valence-electron chi connectivity index (χ1n) is 20.7. The summed E-state index contributed by atoms with van der Waals surface area (Å²) in [6.07, 6.45) is 1.14. The van der Waals surface area contributed by atoms with Crippen LogP contribution in [0.25, 0.3) is 66.1 Å². The summed E-state index contributed by atoms with van der Waals surface area (Å²) in [4.78, 5) is 2.48. The second kappa shape index (κ2) is 12.3. The maximum absolute atomic E-state index is 6.73. The van der Waals surface area contributed by atoms with E-state index >= 15 is 0 Å². The van der Waals surface area contributed by atoms with Gasteiger partial charge >= 0.3 is 0 Å². The van der Waals surface area contributed by atoms with Crippen molar-refractivity contribution in [2.75, 3.05) is 4.90 Å². The van der Waals surface area contributed by atoms with Crippen LogP contribution in [0.2, 0.25) is 0 Å². The van der Waals surface area contributed by atoms with E-state index in [2.05, 4.69) is 210 Å². The predicted octanol–water partition coefficient (Wildman–Crippen LogP) is 15.8. The fraction of sp³-hybridized carbons (Fsp3) is 0.179. The summed E-state index contributed by atoms with van der Waals surface area (Å²) in [5.41, 5.74) is 18.5. The molecule has 0 aliphatic heterocycles. The average molecular weight is 750 g/mol. The number of benzene rings is 8. The number of hydrogen-bond acceptors (Lipinski definition) is 2. The maximum atomic E-state index is 6.73. The molecular formula is C56H47NO. The van der Waals surface area contributed by atoms with E-state index in [0.717, 1.165) is 34.4 Å². The predicted molar refractivity (Wildman–Crippen MR) is 245 cm³/mol. The molecule has 2 nitrogen and oxygen atoms in total. The summed E-state index contributed by atoms with van der Waals surface area (Å²) in [6, 6.07) is 60.5. The van der Waals surface area contributed by atoms with Crippen LogP contribution in [0.5, 0.6) is 0 Å². The van der Waals surface area contributed by atoms with E-state index in [1.165, 1.54) is 77.4 Å². The van der Waals surface area contributed by atoms with Crippen molar-refractivity contribution in [1.82, 2.24) is 0 Å². The minimum atomic E-state index is -0.159. The number of para-hydroxylation sites is 1. The Kier molecular flexibility index (Phi) is 7.39. The first-order valence-corrected chi connectivity index (χ1v) is 20.7. The number of anilines is 3. The van der Waals surface area contributed by atoms with Gasteiger partial charge in [0.2, 0.25) is 0 Å². The van der Waals surface area contributed by atoms with Gasteiger partial charge in [0, 0.05) is 32.8 Å². The van der Waals surface area contributed by atoms with Crippen molar-refractivity contribution >= 4 is 49.8 Å². The topological polar surface area (TPSA) is 16.4 Å². The zero-order valence-electron chi connectivity index (χ0n) is 34.2. The van der Waals surface area contributed by atoms with Crippen LogP contribution >= 0.6 is 0 Å². The van der Waals surface area contributed by atoms with Crippen molar-refractivity contribution in [3.63, 3.8) is 0 Å². The molecule has 0 unspecified atom stereocenters. The standard InChI is InChI=1S/C56H47NO/c1-54(2)34-55(3,4)48-33-51-45(32-47(48)54)44-20-12-18-41(53(44)58-51)38-26-24-35(25-27-38)36-28-30-39(31-29-36)57(49-22-11-15-37-14-7-8-16-40(37)49)50-23-13-19-43-42-17-9-10-21-46(42)56(5,6)52(43)50/h7-33H,34H2,1-6H3. The molecule has 282 valence electrons. The molecule has 1 aromatic heterocycles. The van der Waals surface area contributed by atoms with E-state index in [4.69, 9.17) is 4.42 Å². The summed E-state index contributed by atoms with van der Waals surface area (Å²) >= 11 is 0. The Bertz CT molecular complexity index is 3100. The van der Waals surface area contributed by atoms with Gasteiger partial charge in [0.05, 0.1) is 11.4 Å². The molecule has 0 spiro atoms. The molecule has 9 aromatic rings. The minimum Gasteiger partial charge on any atom is -0.455 e. The second-order valence-electron chi connectivity index (χ2n) is 18.5. The number of rotatable bonds is 5. The Morgan fingerprint density at radius 2 is 1.02 bits per heavy atom. The smallest absolute Gasteiger partial charge is 0.143 e. The van der Waals surface area contributed by atoms with Crippen LogP contribution in [0.3, 0.4) is 0 Å². The second-order valence-corrected chi connectivity index (χ2v) is 18.5. The highest BCUT2D eigenvalue weighted by molar-refractivity contribution is 6.10. The van der Waals surface area contributed by atoms with Crippen molar-refractivity contribution in [1.29, 1.82) is 0 Å². The Morgan fingerprint density at radius 3 is 1.81 bits per heavy atom. The fourth-order valence-electron chi connectivity index (χ4n) is 10.9. The molecule has 0 saturated carbocycles. The molecule has 0 saturated heterocycles. The van der Waals surface area contributed by atoms with Gasteiger partial charge in [-0.3, -0.25) is 0 Å². The summed E-state index contributed by atoms with van der Waals surface area (Å²) < 4.78 is 6.73. The van der Waals surface area contributed by atoms with Crippen LogP contribution in [0.15, 0.2) is 168 Å². The van der Waals surface area contributed by atoms with Gasteiger partial charge < -0.3 is 9.32 Å². The van der Waals surface area contributed by atoms with Crippen LogP contribution in [-0.2, 0) is 16.2 Å². The van der Waals surface area contributed by atoms with E-state index in [0.29, 0.717) is 0 Å². The maximum Gasteiger partial charge on any atom is 0.143 e. The van der Waals surface area contributed by atoms with Gasteiger partial charge in [-0.25, -0.2) is 0 Å². The molecule has 2 aliphatic carbocycles. The van der Waals surface area contributed by atoms with Crippen molar-refractivity contribution in [2.45, 2.75) is 64.2 Å². The van der Waals surface area contributed by atoms with Gasteiger partial charge in [-0.2, -0.15) is 0 Å². The molecule has 2 heteroatoms. The van der Waals surface area contributed by atoms with E-state index in [9.17, 15) is 0 Å². The van der Waals surface area contributed by atoms with Crippen LogP contribution < -0.4 is 4.90 Å². The SMILES string of the molecule is CC1(C)CC(C)(C)c2cc3c(cc21)oc1c(-c2ccc(-c4ccc(N(c5cccc6c5C(C)(C)c5ccccc5-6)c5cccc6ccccc56)cc4)cc2)cccc13. The van der Waals surface area contributed by atoms with E-state index in [1.807, 2.05) is 0 Å². The Balaban J connectivity index is 0.979. The van der Waals surface area contributed by atoms with Crippen molar-refractivity contribution in [3.8, 4) is 33.4 Å². The Morgan fingerprint density at radius 1 is 0.448 bits per heavy atom. The van der Waals surface area contributed by atoms with Crippen LogP contribution in [0, 0.1) is 0 Å². The molecule has 8 aromatic carbocycles. The van der Waals surface area contributed by atoms with Gasteiger partial charge in [0.25, 0.3) is 0 Å². The van der Waals surface area contributed by atoms with Crippen LogP contribution in [0.4, 0.5) is 17.1 Å². The van der Waals surface area contributed by atoms with Crippen LogP contribution in [0.1, 0.15) is 70.2 Å². The van der Waals surface area contributed by atoms with Crippen LogP contribution in [-0.4, -0.2) is 0 Å². The lowest BCUT2D eigenvalue weighted by atomic mass is 9.81. The lowest BCUT2D eigenvalue weighted by molar-refractivity contribution is 0.403. The lowest BCUT2D eigenvalue weighted by Gasteiger charge is -2.33. The molecule has 0 N–H and O–H groups in total.